The molecule has 0 radical (unpaired) electrons. The summed E-state index contributed by atoms with van der Waals surface area (Å²) in [5.74, 6) is 0.759. The predicted molar refractivity (Wildman–Crippen MR) is 54.0 cm³/mol. The van der Waals surface area contributed by atoms with Crippen LogP contribution in [0, 0.1) is 5.92 Å². The average Bonchev–Trinajstić information content (AvgIpc) is 2.32. The average molecular weight is 168 g/mol. The second-order valence-corrected chi connectivity index (χ2v) is 4.71. The van der Waals surface area contributed by atoms with Crippen LogP contribution in [-0.4, -0.2) is 22.4 Å². The van der Waals surface area contributed by atoms with Gasteiger partial charge >= 0.3 is 0 Å². The molecule has 1 saturated heterocycles. The van der Waals surface area contributed by atoms with Crippen molar-refractivity contribution in [3.05, 3.63) is 0 Å². The first-order chi connectivity index (χ1) is 5.48. The van der Waals surface area contributed by atoms with Crippen molar-refractivity contribution in [2.75, 3.05) is 6.54 Å². The van der Waals surface area contributed by atoms with Crippen molar-refractivity contribution in [2.45, 2.75) is 53.0 Å². The summed E-state index contributed by atoms with van der Waals surface area (Å²) in [5, 5.41) is 0. The van der Waals surface area contributed by atoms with Gasteiger partial charge in [-0.2, -0.15) is 0 Å². The molecule has 0 aromatic carbocycles. The molecule has 1 rings (SSSR count). The van der Waals surface area contributed by atoms with Gasteiger partial charge < -0.3 is 0 Å². The minimum absolute atomic E-state index is 0.429. The molecule has 1 atom stereocenters. The minimum Gasteiger partial charge on any atom is -0.232 e. The lowest BCUT2D eigenvalue weighted by atomic mass is 9.86. The molecule has 0 N–H and O–H groups in total. The van der Waals surface area contributed by atoms with E-state index in [1.807, 2.05) is 0 Å². The molecule has 0 aliphatic carbocycles. The predicted octanol–water partition coefficient (Wildman–Crippen LogP) is 2.69. The first-order valence-corrected chi connectivity index (χ1v) is 5.06. The van der Waals surface area contributed by atoms with Gasteiger partial charge in [0, 0.05) is 39.5 Å². The van der Waals surface area contributed by atoms with E-state index >= 15 is 0 Å². The van der Waals surface area contributed by atoms with E-state index in [1.165, 1.54) is 25.1 Å². The van der Waals surface area contributed by atoms with E-state index in [0.717, 1.165) is 5.92 Å². The van der Waals surface area contributed by atoms with Crippen LogP contribution >= 0.6 is 0 Å². The summed E-state index contributed by atoms with van der Waals surface area (Å²) in [5.41, 5.74) is 1.91. The second kappa shape index (κ2) is 3.20. The third-order valence-corrected chi connectivity index (χ3v) is 3.46. The fourth-order valence-corrected chi connectivity index (χ4v) is 2.32. The summed E-state index contributed by atoms with van der Waals surface area (Å²) in [7, 11) is 0. The van der Waals surface area contributed by atoms with Crippen molar-refractivity contribution in [2.24, 2.45) is 5.92 Å². The van der Waals surface area contributed by atoms with E-state index < -0.39 is 0 Å². The molecular weight excluding hydrogens is 146 g/mol. The molecule has 0 aromatic heterocycles. The van der Waals surface area contributed by atoms with E-state index in [9.17, 15) is 0 Å². The van der Waals surface area contributed by atoms with Crippen LogP contribution in [0.5, 0.6) is 0 Å². The van der Waals surface area contributed by atoms with Gasteiger partial charge in [-0.1, -0.05) is 13.8 Å². The van der Waals surface area contributed by atoms with Gasteiger partial charge in [-0.3, -0.25) is 0 Å². The molecule has 1 aliphatic rings. The lowest BCUT2D eigenvalue weighted by Gasteiger charge is -2.25. The van der Waals surface area contributed by atoms with E-state index in [1.54, 1.807) is 0 Å². The quantitative estimate of drug-likeness (QED) is 0.530. The standard InChI is InChI=1S/C11H22N/c1-9(2)11(5)7-6-8-12(11)10(3)4/h9H,6-8H2,1-5H3/q+1/t11-/m0/s1. The summed E-state index contributed by atoms with van der Waals surface area (Å²) in [6.45, 7) is 12.8. The molecule has 0 unspecified atom stereocenters. The van der Waals surface area contributed by atoms with Crippen LogP contribution in [0.15, 0.2) is 0 Å². The van der Waals surface area contributed by atoms with Crippen molar-refractivity contribution in [3.8, 4) is 0 Å². The fourth-order valence-electron chi connectivity index (χ4n) is 2.32. The summed E-state index contributed by atoms with van der Waals surface area (Å²) in [4.78, 5) is 0. The van der Waals surface area contributed by atoms with Crippen molar-refractivity contribution in [3.63, 3.8) is 0 Å². The largest absolute Gasteiger partial charge is 0.232 e. The molecule has 1 heteroatoms. The minimum atomic E-state index is 0.429. The van der Waals surface area contributed by atoms with Crippen LogP contribution in [0.2, 0.25) is 0 Å². The maximum Gasteiger partial charge on any atom is 0.162 e. The van der Waals surface area contributed by atoms with Gasteiger partial charge in [-0.15, -0.1) is 0 Å². The van der Waals surface area contributed by atoms with Crippen molar-refractivity contribution >= 4 is 5.71 Å². The van der Waals surface area contributed by atoms with Gasteiger partial charge in [0.2, 0.25) is 0 Å². The molecule has 1 heterocycles. The zero-order chi connectivity index (χ0) is 9.35. The molecule has 1 fully saturated rings. The molecule has 0 spiro atoms. The van der Waals surface area contributed by atoms with Gasteiger partial charge in [0.25, 0.3) is 0 Å². The third-order valence-electron chi connectivity index (χ3n) is 3.46. The number of hydrogen-bond donors (Lipinski definition) is 0. The highest BCUT2D eigenvalue weighted by Crippen LogP contribution is 2.32. The topological polar surface area (TPSA) is 3.01 Å². The molecule has 0 bridgehead atoms. The molecular formula is C11H22N+. The number of nitrogens with zero attached hydrogens (tertiary/aromatic N) is 1. The number of rotatable bonds is 1. The highest BCUT2D eigenvalue weighted by Gasteiger charge is 2.43. The van der Waals surface area contributed by atoms with Crippen LogP contribution in [0.3, 0.4) is 0 Å². The van der Waals surface area contributed by atoms with Gasteiger partial charge in [0.15, 0.2) is 5.54 Å². The van der Waals surface area contributed by atoms with E-state index in [-0.39, 0.29) is 0 Å². The molecule has 1 nitrogen and oxygen atoms in total. The van der Waals surface area contributed by atoms with E-state index in [4.69, 9.17) is 0 Å². The zero-order valence-corrected chi connectivity index (χ0v) is 9.15. The smallest absolute Gasteiger partial charge is 0.162 e. The van der Waals surface area contributed by atoms with Crippen molar-refractivity contribution in [1.29, 1.82) is 0 Å². The zero-order valence-electron chi connectivity index (χ0n) is 9.15. The van der Waals surface area contributed by atoms with E-state index in [0.29, 0.717) is 5.54 Å². The summed E-state index contributed by atoms with van der Waals surface area (Å²) < 4.78 is 2.58. The van der Waals surface area contributed by atoms with Crippen molar-refractivity contribution < 1.29 is 4.58 Å². The molecule has 1 aliphatic heterocycles. The van der Waals surface area contributed by atoms with Crippen LogP contribution < -0.4 is 0 Å². The van der Waals surface area contributed by atoms with E-state index in [2.05, 4.69) is 39.2 Å². The Morgan fingerprint density at radius 2 is 1.92 bits per heavy atom. The number of hydrogen-bond acceptors (Lipinski definition) is 0. The highest BCUT2D eigenvalue weighted by atomic mass is 15.1. The molecule has 0 amide bonds. The lowest BCUT2D eigenvalue weighted by Crippen LogP contribution is -2.41. The first kappa shape index (κ1) is 9.76. The Balaban J connectivity index is 2.98. The highest BCUT2D eigenvalue weighted by molar-refractivity contribution is 5.74. The Labute approximate surface area is 76.5 Å². The maximum atomic E-state index is 2.58. The molecule has 0 saturated carbocycles. The van der Waals surface area contributed by atoms with Gasteiger partial charge in [-0.05, 0) is 0 Å². The Kier molecular flexibility index (Phi) is 2.60. The van der Waals surface area contributed by atoms with Crippen LogP contribution in [0.25, 0.3) is 0 Å². The van der Waals surface area contributed by atoms with Crippen LogP contribution in [0.4, 0.5) is 0 Å². The Morgan fingerprint density at radius 1 is 1.33 bits per heavy atom. The third kappa shape index (κ3) is 1.41. The Hall–Kier alpha value is -0.330. The maximum absolute atomic E-state index is 2.58. The molecule has 0 aromatic rings. The van der Waals surface area contributed by atoms with Crippen molar-refractivity contribution in [1.82, 2.24) is 0 Å². The first-order valence-electron chi connectivity index (χ1n) is 5.06. The van der Waals surface area contributed by atoms with Gasteiger partial charge in [0.05, 0.1) is 0 Å². The fraction of sp³-hybridized carbons (Fsp3) is 0.909. The summed E-state index contributed by atoms with van der Waals surface area (Å²) in [6, 6.07) is 0. The van der Waals surface area contributed by atoms with Crippen LogP contribution in [0.1, 0.15) is 47.5 Å². The second-order valence-electron chi connectivity index (χ2n) is 4.71. The van der Waals surface area contributed by atoms with Crippen LogP contribution in [-0.2, 0) is 0 Å². The van der Waals surface area contributed by atoms with Gasteiger partial charge in [0.1, 0.15) is 12.3 Å². The lowest BCUT2D eigenvalue weighted by molar-refractivity contribution is -0.592. The molecule has 70 valence electrons. The van der Waals surface area contributed by atoms with Gasteiger partial charge in [-0.25, -0.2) is 4.58 Å². The normalized spacial score (nSPS) is 30.0. The SMILES string of the molecule is CC(C)=[N+]1CCC[C@@]1(C)C(C)C. The summed E-state index contributed by atoms with van der Waals surface area (Å²) in [6.07, 6.45) is 2.72. The monoisotopic (exact) mass is 168 g/mol. The molecule has 12 heavy (non-hydrogen) atoms. The Morgan fingerprint density at radius 3 is 2.25 bits per heavy atom. The summed E-state index contributed by atoms with van der Waals surface area (Å²) >= 11 is 0. The Bertz CT molecular complexity index is 199.